The highest BCUT2D eigenvalue weighted by molar-refractivity contribution is 5.36. The quantitative estimate of drug-likeness (QED) is 0.534. The van der Waals surface area contributed by atoms with Crippen molar-refractivity contribution < 1.29 is 4.74 Å². The molecule has 0 saturated heterocycles. The van der Waals surface area contributed by atoms with Gasteiger partial charge in [-0.05, 0) is 14.1 Å². The highest BCUT2D eigenvalue weighted by Crippen LogP contribution is 2.12. The summed E-state index contributed by atoms with van der Waals surface area (Å²) in [6.45, 7) is 3.42. The summed E-state index contributed by atoms with van der Waals surface area (Å²) >= 11 is 0. The largest absolute Gasteiger partial charge is 0.476 e. The Balaban J connectivity index is 2.64. The van der Waals surface area contributed by atoms with Crippen LogP contribution in [0.25, 0.3) is 0 Å². The summed E-state index contributed by atoms with van der Waals surface area (Å²) in [5.74, 6) is 7.17. The van der Waals surface area contributed by atoms with Gasteiger partial charge in [0, 0.05) is 19.0 Å². The summed E-state index contributed by atoms with van der Waals surface area (Å²) in [6, 6.07) is 1.69. The molecule has 0 amide bonds. The van der Waals surface area contributed by atoms with Crippen LogP contribution in [-0.2, 0) is 6.42 Å². The van der Waals surface area contributed by atoms with Gasteiger partial charge in [0.1, 0.15) is 18.2 Å². The van der Waals surface area contributed by atoms with Gasteiger partial charge >= 0.3 is 0 Å². The summed E-state index contributed by atoms with van der Waals surface area (Å²) < 4.78 is 5.51. The molecule has 1 heterocycles. The molecule has 3 N–H and O–H groups in total. The van der Waals surface area contributed by atoms with Crippen molar-refractivity contribution in [2.75, 3.05) is 32.7 Å². The third kappa shape index (κ3) is 4.00. The number of hydrogen-bond acceptors (Lipinski definition) is 6. The summed E-state index contributed by atoms with van der Waals surface area (Å²) in [6.07, 6.45) is 0.750. The lowest BCUT2D eigenvalue weighted by molar-refractivity contribution is 0.253. The minimum absolute atomic E-state index is 0.557. The van der Waals surface area contributed by atoms with E-state index in [4.69, 9.17) is 10.6 Å². The summed E-state index contributed by atoms with van der Waals surface area (Å²) in [7, 11) is 3.99. The van der Waals surface area contributed by atoms with E-state index in [0.717, 1.165) is 18.8 Å². The van der Waals surface area contributed by atoms with Crippen molar-refractivity contribution in [3.8, 4) is 5.88 Å². The molecule has 1 aromatic rings. The predicted octanol–water partition coefficient (Wildman–Crippen LogP) is 0.265. The molecule has 16 heavy (non-hydrogen) atoms. The van der Waals surface area contributed by atoms with Crippen LogP contribution in [0.5, 0.6) is 5.88 Å². The molecule has 0 spiro atoms. The van der Waals surface area contributed by atoms with E-state index in [2.05, 4.69) is 15.4 Å². The molecule has 0 aliphatic carbocycles. The number of likely N-dealkylation sites (N-methyl/N-ethyl adjacent to an activating group) is 1. The topological polar surface area (TPSA) is 76.3 Å². The van der Waals surface area contributed by atoms with E-state index in [9.17, 15) is 0 Å². The van der Waals surface area contributed by atoms with E-state index in [1.54, 1.807) is 6.07 Å². The van der Waals surface area contributed by atoms with Gasteiger partial charge in [0.05, 0.1) is 0 Å². The number of nitrogen functional groups attached to an aromatic ring is 1. The fourth-order valence-corrected chi connectivity index (χ4v) is 1.11. The predicted molar refractivity (Wildman–Crippen MR) is 63.3 cm³/mol. The number of ether oxygens (including phenoxy) is 1. The monoisotopic (exact) mass is 225 g/mol. The Labute approximate surface area is 95.8 Å². The molecule has 90 valence electrons. The number of aryl methyl sites for hydroxylation is 1. The van der Waals surface area contributed by atoms with Gasteiger partial charge in [-0.25, -0.2) is 10.8 Å². The van der Waals surface area contributed by atoms with E-state index < -0.39 is 0 Å². The second-order valence-corrected chi connectivity index (χ2v) is 3.66. The molecular weight excluding hydrogens is 206 g/mol. The van der Waals surface area contributed by atoms with Gasteiger partial charge in [-0.1, -0.05) is 6.92 Å². The van der Waals surface area contributed by atoms with Gasteiger partial charge in [0.2, 0.25) is 5.88 Å². The summed E-state index contributed by atoms with van der Waals surface area (Å²) in [5, 5.41) is 0. The van der Waals surface area contributed by atoms with Gasteiger partial charge in [-0.2, -0.15) is 4.98 Å². The first kappa shape index (κ1) is 12.7. The number of aromatic nitrogens is 2. The van der Waals surface area contributed by atoms with Gasteiger partial charge in [-0.3, -0.25) is 0 Å². The molecule has 0 aliphatic rings. The maximum Gasteiger partial charge on any atom is 0.218 e. The Morgan fingerprint density at radius 2 is 2.19 bits per heavy atom. The zero-order valence-electron chi connectivity index (χ0n) is 10.0. The van der Waals surface area contributed by atoms with E-state index in [1.165, 1.54) is 0 Å². The Morgan fingerprint density at radius 3 is 2.75 bits per heavy atom. The second kappa shape index (κ2) is 6.24. The van der Waals surface area contributed by atoms with Crippen LogP contribution in [0.15, 0.2) is 6.07 Å². The third-order valence-corrected chi connectivity index (χ3v) is 2.00. The first-order chi connectivity index (χ1) is 7.65. The van der Waals surface area contributed by atoms with E-state index in [0.29, 0.717) is 18.3 Å². The number of rotatable bonds is 6. The molecular formula is C10H19N5O. The van der Waals surface area contributed by atoms with E-state index in [1.807, 2.05) is 25.9 Å². The number of nitrogens with two attached hydrogens (primary N) is 1. The van der Waals surface area contributed by atoms with Crippen molar-refractivity contribution in [3.63, 3.8) is 0 Å². The molecule has 0 aliphatic heterocycles. The van der Waals surface area contributed by atoms with Crippen LogP contribution >= 0.6 is 0 Å². The number of nitrogens with one attached hydrogen (secondary N) is 1. The molecule has 6 heteroatoms. The van der Waals surface area contributed by atoms with Crippen LogP contribution in [0.3, 0.4) is 0 Å². The Morgan fingerprint density at radius 1 is 1.44 bits per heavy atom. The van der Waals surface area contributed by atoms with E-state index >= 15 is 0 Å². The average Bonchev–Trinajstić information content (AvgIpc) is 2.28. The standard InChI is InChI=1S/C10H19N5O/c1-4-8-12-9(14-11)7-10(13-8)16-6-5-15(2)3/h7H,4-6,11H2,1-3H3,(H,12,13,14). The maximum absolute atomic E-state index is 5.51. The number of anilines is 1. The smallest absolute Gasteiger partial charge is 0.218 e. The summed E-state index contributed by atoms with van der Waals surface area (Å²) in [5.41, 5.74) is 2.50. The highest BCUT2D eigenvalue weighted by Gasteiger charge is 2.03. The minimum atomic E-state index is 0.557. The normalized spacial score (nSPS) is 10.6. The number of hydrazine groups is 1. The molecule has 0 fully saturated rings. The second-order valence-electron chi connectivity index (χ2n) is 3.66. The van der Waals surface area contributed by atoms with Gasteiger partial charge in [0.25, 0.3) is 0 Å². The fraction of sp³-hybridized carbons (Fsp3) is 0.600. The first-order valence-electron chi connectivity index (χ1n) is 5.27. The number of nitrogens with zero attached hydrogens (tertiary/aromatic N) is 3. The molecule has 6 nitrogen and oxygen atoms in total. The molecule has 0 aromatic carbocycles. The molecule has 0 atom stereocenters. The summed E-state index contributed by atoms with van der Waals surface area (Å²) in [4.78, 5) is 10.5. The van der Waals surface area contributed by atoms with Crippen LogP contribution in [0.1, 0.15) is 12.7 Å². The Kier molecular flexibility index (Phi) is 4.94. The van der Waals surface area contributed by atoms with Crippen molar-refractivity contribution >= 4 is 5.82 Å². The average molecular weight is 225 g/mol. The third-order valence-electron chi connectivity index (χ3n) is 2.00. The molecule has 1 rings (SSSR count). The molecule has 0 unspecified atom stereocenters. The zero-order chi connectivity index (χ0) is 12.0. The molecule has 0 saturated carbocycles. The van der Waals surface area contributed by atoms with Gasteiger partial charge in [-0.15, -0.1) is 0 Å². The van der Waals surface area contributed by atoms with Crippen LogP contribution in [0.4, 0.5) is 5.82 Å². The van der Waals surface area contributed by atoms with Crippen LogP contribution in [0.2, 0.25) is 0 Å². The molecule has 0 bridgehead atoms. The van der Waals surface area contributed by atoms with Crippen LogP contribution in [0, 0.1) is 0 Å². The van der Waals surface area contributed by atoms with Gasteiger partial charge < -0.3 is 15.1 Å². The SMILES string of the molecule is CCc1nc(NN)cc(OCCN(C)C)n1. The fourth-order valence-electron chi connectivity index (χ4n) is 1.11. The minimum Gasteiger partial charge on any atom is -0.476 e. The molecule has 0 radical (unpaired) electrons. The lowest BCUT2D eigenvalue weighted by Gasteiger charge is -2.11. The highest BCUT2D eigenvalue weighted by atomic mass is 16.5. The van der Waals surface area contributed by atoms with Crippen molar-refractivity contribution in [1.29, 1.82) is 0 Å². The van der Waals surface area contributed by atoms with Crippen LogP contribution < -0.4 is 16.0 Å². The van der Waals surface area contributed by atoms with Gasteiger partial charge in [0.15, 0.2) is 0 Å². The van der Waals surface area contributed by atoms with Crippen molar-refractivity contribution in [2.45, 2.75) is 13.3 Å². The van der Waals surface area contributed by atoms with Crippen molar-refractivity contribution in [1.82, 2.24) is 14.9 Å². The maximum atomic E-state index is 5.51. The Hall–Kier alpha value is -1.40. The van der Waals surface area contributed by atoms with Crippen LogP contribution in [-0.4, -0.2) is 42.1 Å². The first-order valence-corrected chi connectivity index (χ1v) is 5.27. The number of hydrogen-bond donors (Lipinski definition) is 2. The van der Waals surface area contributed by atoms with Crippen molar-refractivity contribution in [3.05, 3.63) is 11.9 Å². The molecule has 1 aromatic heterocycles. The lowest BCUT2D eigenvalue weighted by atomic mass is 10.4. The van der Waals surface area contributed by atoms with E-state index in [-0.39, 0.29) is 0 Å². The Bertz CT molecular complexity index is 307. The zero-order valence-corrected chi connectivity index (χ0v) is 10.0. The van der Waals surface area contributed by atoms with Crippen molar-refractivity contribution in [2.24, 2.45) is 5.84 Å². The lowest BCUT2D eigenvalue weighted by Crippen LogP contribution is -2.20.